The number of halogens is 1. The molecule has 1 N–H and O–H groups in total. The van der Waals surface area contributed by atoms with Crippen LogP contribution in [0.5, 0.6) is 11.5 Å². The minimum atomic E-state index is -0.764. The molecular formula is C21H18ClNO5. The van der Waals surface area contributed by atoms with Crippen molar-refractivity contribution in [3.8, 4) is 11.5 Å². The maximum atomic E-state index is 13.0. The quantitative estimate of drug-likeness (QED) is 0.834. The predicted octanol–water partition coefficient (Wildman–Crippen LogP) is 4.19. The van der Waals surface area contributed by atoms with Crippen molar-refractivity contribution in [2.75, 3.05) is 11.7 Å². The van der Waals surface area contributed by atoms with Crippen molar-refractivity contribution in [3.05, 3.63) is 64.4 Å². The number of hydrogen-bond acceptors (Lipinski definition) is 5. The van der Waals surface area contributed by atoms with Crippen molar-refractivity contribution in [2.24, 2.45) is 5.92 Å². The Morgan fingerprint density at radius 2 is 1.82 bits per heavy atom. The van der Waals surface area contributed by atoms with E-state index < -0.39 is 17.7 Å². The second kappa shape index (κ2) is 6.87. The molecule has 0 fully saturated rings. The standard InChI is InChI=1S/C21H18ClNO5/c1-11(2)19(24)17-18(12-3-5-13(22)6-4-12)23(21(26)20(17)25)14-7-8-15-16(9-14)28-10-27-15/h3-9,11,18,25H,10H2,1-2H3. The van der Waals surface area contributed by atoms with Crippen LogP contribution in [-0.2, 0) is 9.59 Å². The number of rotatable bonds is 4. The van der Waals surface area contributed by atoms with Gasteiger partial charge in [0.25, 0.3) is 5.91 Å². The van der Waals surface area contributed by atoms with Crippen LogP contribution in [0.25, 0.3) is 0 Å². The van der Waals surface area contributed by atoms with Crippen LogP contribution in [0.2, 0.25) is 5.02 Å². The van der Waals surface area contributed by atoms with E-state index >= 15 is 0 Å². The second-order valence-corrected chi connectivity index (χ2v) is 7.38. The number of hydrogen-bond donors (Lipinski definition) is 1. The molecule has 1 atom stereocenters. The van der Waals surface area contributed by atoms with Crippen LogP contribution in [0.4, 0.5) is 5.69 Å². The topological polar surface area (TPSA) is 76.1 Å². The van der Waals surface area contributed by atoms with Gasteiger partial charge in [0.1, 0.15) is 0 Å². The van der Waals surface area contributed by atoms with E-state index in [0.29, 0.717) is 27.8 Å². The lowest BCUT2D eigenvalue weighted by atomic mass is 9.91. The molecule has 1 amide bonds. The molecule has 0 saturated heterocycles. The minimum absolute atomic E-state index is 0.0833. The maximum Gasteiger partial charge on any atom is 0.294 e. The summed E-state index contributed by atoms with van der Waals surface area (Å²) < 4.78 is 10.7. The molecule has 0 bridgehead atoms. The third-order valence-corrected chi connectivity index (χ3v) is 5.07. The Balaban J connectivity index is 1.86. The highest BCUT2D eigenvalue weighted by atomic mass is 35.5. The van der Waals surface area contributed by atoms with E-state index in [0.717, 1.165) is 0 Å². The van der Waals surface area contributed by atoms with Crippen LogP contribution in [0, 0.1) is 5.92 Å². The first-order chi connectivity index (χ1) is 13.4. The molecule has 4 rings (SSSR count). The molecule has 6 nitrogen and oxygen atoms in total. The van der Waals surface area contributed by atoms with Gasteiger partial charge in [-0.05, 0) is 29.8 Å². The van der Waals surface area contributed by atoms with Crippen molar-refractivity contribution < 1.29 is 24.2 Å². The number of fused-ring (bicyclic) bond motifs is 1. The molecule has 0 saturated carbocycles. The van der Waals surface area contributed by atoms with Gasteiger partial charge in [-0.25, -0.2) is 0 Å². The van der Waals surface area contributed by atoms with Crippen molar-refractivity contribution >= 4 is 29.0 Å². The summed E-state index contributed by atoms with van der Waals surface area (Å²) in [6.07, 6.45) is 0. The lowest BCUT2D eigenvalue weighted by Crippen LogP contribution is -2.31. The minimum Gasteiger partial charge on any atom is -0.503 e. The number of aliphatic hydroxyl groups excluding tert-OH is 1. The highest BCUT2D eigenvalue weighted by molar-refractivity contribution is 6.30. The van der Waals surface area contributed by atoms with Crippen LogP contribution in [0.3, 0.4) is 0 Å². The zero-order chi connectivity index (χ0) is 20.0. The fraction of sp³-hybridized carbons (Fsp3) is 0.238. The third-order valence-electron chi connectivity index (χ3n) is 4.82. The SMILES string of the molecule is CC(C)C(=O)C1=C(O)C(=O)N(c2ccc3c(c2)OCO3)C1c1ccc(Cl)cc1. The van der Waals surface area contributed by atoms with Crippen molar-refractivity contribution in [1.29, 1.82) is 0 Å². The van der Waals surface area contributed by atoms with Crippen LogP contribution < -0.4 is 14.4 Å². The molecule has 2 heterocycles. The van der Waals surface area contributed by atoms with Gasteiger partial charge in [0.2, 0.25) is 6.79 Å². The van der Waals surface area contributed by atoms with E-state index in [2.05, 4.69) is 0 Å². The van der Waals surface area contributed by atoms with E-state index in [1.165, 1.54) is 4.90 Å². The Hall–Kier alpha value is -2.99. The average Bonchev–Trinajstić information content (AvgIpc) is 3.24. The molecule has 7 heteroatoms. The number of anilines is 1. The number of ketones is 1. The third kappa shape index (κ3) is 2.90. The number of nitrogens with zero attached hydrogens (tertiary/aromatic N) is 1. The first-order valence-electron chi connectivity index (χ1n) is 8.84. The molecule has 2 aromatic rings. The van der Waals surface area contributed by atoms with Gasteiger partial charge in [0.05, 0.1) is 11.6 Å². The maximum absolute atomic E-state index is 13.0. The molecule has 0 radical (unpaired) electrons. The number of ether oxygens (including phenoxy) is 2. The van der Waals surface area contributed by atoms with Gasteiger partial charge in [-0.3, -0.25) is 14.5 Å². The van der Waals surface area contributed by atoms with E-state index in [4.69, 9.17) is 21.1 Å². The summed E-state index contributed by atoms with van der Waals surface area (Å²) in [6, 6.07) is 11.2. The summed E-state index contributed by atoms with van der Waals surface area (Å²) in [4.78, 5) is 27.2. The smallest absolute Gasteiger partial charge is 0.294 e. The molecule has 144 valence electrons. The van der Waals surface area contributed by atoms with Gasteiger partial charge in [0, 0.05) is 22.7 Å². The summed E-state index contributed by atoms with van der Waals surface area (Å²) >= 11 is 6.00. The summed E-state index contributed by atoms with van der Waals surface area (Å²) in [5.41, 5.74) is 1.25. The summed E-state index contributed by atoms with van der Waals surface area (Å²) in [5.74, 6) is -0.748. The fourth-order valence-corrected chi connectivity index (χ4v) is 3.56. The molecular weight excluding hydrogens is 382 g/mol. The van der Waals surface area contributed by atoms with Crippen molar-refractivity contribution in [2.45, 2.75) is 19.9 Å². The zero-order valence-electron chi connectivity index (χ0n) is 15.3. The summed E-state index contributed by atoms with van der Waals surface area (Å²) in [7, 11) is 0. The number of carbonyl (C=O) groups excluding carboxylic acids is 2. The van der Waals surface area contributed by atoms with Crippen LogP contribution in [0.15, 0.2) is 53.8 Å². The monoisotopic (exact) mass is 399 g/mol. The fourth-order valence-electron chi connectivity index (χ4n) is 3.43. The Labute approximate surface area is 166 Å². The van der Waals surface area contributed by atoms with Gasteiger partial charge in [-0.2, -0.15) is 0 Å². The molecule has 0 spiro atoms. The number of aliphatic hydroxyl groups is 1. The Morgan fingerprint density at radius 1 is 1.14 bits per heavy atom. The number of carbonyl (C=O) groups is 2. The van der Waals surface area contributed by atoms with Crippen LogP contribution in [0.1, 0.15) is 25.5 Å². The lowest BCUT2D eigenvalue weighted by molar-refractivity contribution is -0.119. The first-order valence-corrected chi connectivity index (χ1v) is 9.22. The highest BCUT2D eigenvalue weighted by Crippen LogP contribution is 2.44. The molecule has 0 aromatic heterocycles. The molecule has 1 unspecified atom stereocenters. The number of Topliss-reactive ketones (excluding diaryl/α,β-unsaturated/α-hetero) is 1. The molecule has 0 aliphatic carbocycles. The predicted molar refractivity (Wildman–Crippen MR) is 104 cm³/mol. The Kier molecular flexibility index (Phi) is 4.51. The number of amides is 1. The van der Waals surface area contributed by atoms with Gasteiger partial charge in [0.15, 0.2) is 23.0 Å². The molecule has 2 aliphatic heterocycles. The lowest BCUT2D eigenvalue weighted by Gasteiger charge is -2.27. The number of benzene rings is 2. The Bertz CT molecular complexity index is 996. The van der Waals surface area contributed by atoms with Gasteiger partial charge in [-0.15, -0.1) is 0 Å². The van der Waals surface area contributed by atoms with Gasteiger partial charge >= 0.3 is 0 Å². The molecule has 2 aromatic carbocycles. The zero-order valence-corrected chi connectivity index (χ0v) is 16.1. The van der Waals surface area contributed by atoms with Gasteiger partial charge < -0.3 is 14.6 Å². The second-order valence-electron chi connectivity index (χ2n) is 6.95. The molecule has 28 heavy (non-hydrogen) atoms. The highest BCUT2D eigenvalue weighted by Gasteiger charge is 2.45. The first kappa shape index (κ1) is 18.4. The van der Waals surface area contributed by atoms with E-state index in [1.807, 2.05) is 0 Å². The van der Waals surface area contributed by atoms with Crippen LogP contribution in [-0.4, -0.2) is 23.6 Å². The largest absolute Gasteiger partial charge is 0.503 e. The summed E-state index contributed by atoms with van der Waals surface area (Å²) in [6.45, 7) is 3.57. The van der Waals surface area contributed by atoms with E-state index in [1.54, 1.807) is 56.3 Å². The Morgan fingerprint density at radius 3 is 2.50 bits per heavy atom. The van der Waals surface area contributed by atoms with Crippen molar-refractivity contribution in [1.82, 2.24) is 0 Å². The average molecular weight is 400 g/mol. The van der Waals surface area contributed by atoms with E-state index in [-0.39, 0.29) is 24.1 Å². The van der Waals surface area contributed by atoms with Gasteiger partial charge in [-0.1, -0.05) is 37.6 Å². The van der Waals surface area contributed by atoms with E-state index in [9.17, 15) is 14.7 Å². The van der Waals surface area contributed by atoms with Crippen molar-refractivity contribution in [3.63, 3.8) is 0 Å². The normalized spacial score (nSPS) is 18.4. The van der Waals surface area contributed by atoms with Crippen LogP contribution >= 0.6 is 11.6 Å². The summed E-state index contributed by atoms with van der Waals surface area (Å²) in [5, 5.41) is 11.1. The molecule has 2 aliphatic rings.